The Kier molecular flexibility index (Phi) is 3.51. The quantitative estimate of drug-likeness (QED) is 0.830. The molecule has 2 N–H and O–H groups in total. The molecule has 2 saturated carbocycles. The van der Waals surface area contributed by atoms with Gasteiger partial charge < -0.3 is 15.1 Å². The Hall–Kier alpha value is -1.78. The molecule has 3 rings (SSSR count). The largest absolute Gasteiger partial charge is 0.472 e. The summed E-state index contributed by atoms with van der Waals surface area (Å²) < 4.78 is 4.86. The van der Waals surface area contributed by atoms with E-state index in [1.54, 1.807) is 13.0 Å². The minimum atomic E-state index is -0.530. The summed E-state index contributed by atoms with van der Waals surface area (Å²) in [5, 5.41) is 5.81. The fourth-order valence-corrected chi connectivity index (χ4v) is 2.56. The first-order chi connectivity index (χ1) is 9.65. The molecule has 2 fully saturated rings. The van der Waals surface area contributed by atoms with Crippen molar-refractivity contribution in [2.24, 2.45) is 11.8 Å². The van der Waals surface area contributed by atoms with Gasteiger partial charge in [-0.15, -0.1) is 0 Å². The van der Waals surface area contributed by atoms with E-state index in [2.05, 4.69) is 10.6 Å². The first kappa shape index (κ1) is 13.2. The molecular formula is C15H20N2O3. The van der Waals surface area contributed by atoms with Crippen molar-refractivity contribution in [1.29, 1.82) is 0 Å². The van der Waals surface area contributed by atoms with Crippen LogP contribution in [0.3, 0.4) is 0 Å². The number of hydrogen-bond acceptors (Lipinski definition) is 3. The maximum atomic E-state index is 12.2. The lowest BCUT2D eigenvalue weighted by atomic mass is 10.1. The molecule has 1 unspecified atom stereocenters. The summed E-state index contributed by atoms with van der Waals surface area (Å²) in [4.78, 5) is 24.0. The highest BCUT2D eigenvalue weighted by atomic mass is 16.3. The van der Waals surface area contributed by atoms with Gasteiger partial charge in [0.25, 0.3) is 5.91 Å². The van der Waals surface area contributed by atoms with E-state index in [1.165, 1.54) is 38.2 Å². The molecule has 0 bridgehead atoms. The van der Waals surface area contributed by atoms with Crippen LogP contribution < -0.4 is 10.6 Å². The van der Waals surface area contributed by atoms with Crippen molar-refractivity contribution in [3.8, 4) is 0 Å². The van der Waals surface area contributed by atoms with E-state index >= 15 is 0 Å². The predicted molar refractivity (Wildman–Crippen MR) is 73.0 cm³/mol. The van der Waals surface area contributed by atoms with Gasteiger partial charge in [-0.1, -0.05) is 0 Å². The van der Waals surface area contributed by atoms with E-state index in [9.17, 15) is 9.59 Å². The lowest BCUT2D eigenvalue weighted by molar-refractivity contribution is -0.123. The van der Waals surface area contributed by atoms with Crippen LogP contribution in [-0.2, 0) is 4.79 Å². The predicted octanol–water partition coefficient (Wildman–Crippen LogP) is 1.70. The summed E-state index contributed by atoms with van der Waals surface area (Å²) >= 11 is 0. The van der Waals surface area contributed by atoms with Gasteiger partial charge in [0.05, 0.1) is 11.8 Å². The molecule has 1 atom stereocenters. The topological polar surface area (TPSA) is 71.3 Å². The molecule has 2 aliphatic rings. The van der Waals surface area contributed by atoms with Crippen molar-refractivity contribution in [3.63, 3.8) is 0 Å². The van der Waals surface area contributed by atoms with Crippen LogP contribution in [-0.4, -0.2) is 23.9 Å². The highest BCUT2D eigenvalue weighted by molar-refractivity contribution is 5.97. The van der Waals surface area contributed by atoms with Gasteiger partial charge in [-0.3, -0.25) is 9.59 Å². The molecule has 1 aromatic heterocycles. The first-order valence-electron chi connectivity index (χ1n) is 7.28. The van der Waals surface area contributed by atoms with Gasteiger partial charge in [0.15, 0.2) is 0 Å². The van der Waals surface area contributed by atoms with Crippen LogP contribution >= 0.6 is 0 Å². The summed E-state index contributed by atoms with van der Waals surface area (Å²) in [6, 6.07) is 1.37. The van der Waals surface area contributed by atoms with Gasteiger partial charge in [-0.25, -0.2) is 0 Å². The molecule has 5 heteroatoms. The van der Waals surface area contributed by atoms with Crippen molar-refractivity contribution in [3.05, 3.63) is 24.2 Å². The first-order valence-corrected chi connectivity index (χ1v) is 7.28. The van der Waals surface area contributed by atoms with E-state index < -0.39 is 6.04 Å². The normalized spacial score (nSPS) is 19.7. The number of rotatable bonds is 6. The Morgan fingerprint density at radius 3 is 2.35 bits per heavy atom. The Bertz CT molecular complexity index is 477. The summed E-state index contributed by atoms with van der Waals surface area (Å²) in [6.45, 7) is 1.71. The zero-order valence-electron chi connectivity index (χ0n) is 11.6. The van der Waals surface area contributed by atoms with E-state index in [4.69, 9.17) is 4.42 Å². The molecule has 20 heavy (non-hydrogen) atoms. The van der Waals surface area contributed by atoms with Crippen LogP contribution in [0.5, 0.6) is 0 Å². The highest BCUT2D eigenvalue weighted by Crippen LogP contribution is 2.44. The molecule has 0 radical (unpaired) electrons. The van der Waals surface area contributed by atoms with E-state index in [1.807, 2.05) is 0 Å². The molecule has 108 valence electrons. The van der Waals surface area contributed by atoms with Gasteiger partial charge in [-0.05, 0) is 50.5 Å². The summed E-state index contributed by atoms with van der Waals surface area (Å²) in [5.41, 5.74) is 0.436. The van der Waals surface area contributed by atoms with Crippen LogP contribution in [0.25, 0.3) is 0 Å². The van der Waals surface area contributed by atoms with Crippen LogP contribution in [0.4, 0.5) is 0 Å². The Labute approximate surface area is 118 Å². The number of carbonyl (C=O) groups is 2. The zero-order valence-corrected chi connectivity index (χ0v) is 11.6. The SMILES string of the molecule is CC(NC(=O)c1ccoc1)C(=O)NC(C1CC1)C1CC1. The van der Waals surface area contributed by atoms with Crippen LogP contribution in [0.15, 0.2) is 23.0 Å². The van der Waals surface area contributed by atoms with Gasteiger partial charge in [0.2, 0.25) is 5.91 Å². The van der Waals surface area contributed by atoms with Crippen LogP contribution in [0.1, 0.15) is 43.0 Å². The van der Waals surface area contributed by atoms with Crippen molar-refractivity contribution < 1.29 is 14.0 Å². The Morgan fingerprint density at radius 1 is 1.20 bits per heavy atom. The third kappa shape index (κ3) is 3.03. The molecular weight excluding hydrogens is 256 g/mol. The maximum Gasteiger partial charge on any atom is 0.255 e. The Balaban J connectivity index is 1.52. The van der Waals surface area contributed by atoms with E-state index in [-0.39, 0.29) is 11.8 Å². The number of amides is 2. The standard InChI is InChI=1S/C15H20N2O3/c1-9(16-15(19)12-6-7-20-8-12)14(18)17-13(10-2-3-10)11-4-5-11/h6-11,13H,2-5H2,1H3,(H,16,19)(H,17,18). The fourth-order valence-electron chi connectivity index (χ4n) is 2.56. The minimum absolute atomic E-state index is 0.0920. The second kappa shape index (κ2) is 5.31. The lowest BCUT2D eigenvalue weighted by Crippen LogP contribution is -2.49. The van der Waals surface area contributed by atoms with Gasteiger partial charge in [-0.2, -0.15) is 0 Å². The van der Waals surface area contributed by atoms with E-state index in [0.29, 0.717) is 23.4 Å². The third-order valence-electron chi connectivity index (χ3n) is 4.09. The van der Waals surface area contributed by atoms with Gasteiger partial charge in [0.1, 0.15) is 12.3 Å². The molecule has 0 aliphatic heterocycles. The van der Waals surface area contributed by atoms with Crippen molar-refractivity contribution in [1.82, 2.24) is 10.6 Å². The third-order valence-corrected chi connectivity index (χ3v) is 4.09. The number of furan rings is 1. The molecule has 0 aromatic carbocycles. The molecule has 2 aliphatic carbocycles. The molecule has 2 amide bonds. The van der Waals surface area contributed by atoms with Crippen LogP contribution in [0.2, 0.25) is 0 Å². The van der Waals surface area contributed by atoms with Gasteiger partial charge in [0, 0.05) is 6.04 Å². The summed E-state index contributed by atoms with van der Waals surface area (Å²) in [6.07, 6.45) is 7.69. The summed E-state index contributed by atoms with van der Waals surface area (Å²) in [5.74, 6) is 0.938. The average Bonchev–Trinajstić information content (AvgIpc) is 3.35. The van der Waals surface area contributed by atoms with Gasteiger partial charge >= 0.3 is 0 Å². The van der Waals surface area contributed by atoms with Crippen LogP contribution in [0, 0.1) is 11.8 Å². The highest BCUT2D eigenvalue weighted by Gasteiger charge is 2.42. The summed E-state index contributed by atoms with van der Waals surface area (Å²) in [7, 11) is 0. The van der Waals surface area contributed by atoms with Crippen molar-refractivity contribution >= 4 is 11.8 Å². The minimum Gasteiger partial charge on any atom is -0.472 e. The molecule has 1 heterocycles. The average molecular weight is 276 g/mol. The second-order valence-electron chi connectivity index (χ2n) is 5.92. The molecule has 0 saturated heterocycles. The maximum absolute atomic E-state index is 12.2. The monoisotopic (exact) mass is 276 g/mol. The second-order valence-corrected chi connectivity index (χ2v) is 5.92. The Morgan fingerprint density at radius 2 is 1.85 bits per heavy atom. The van der Waals surface area contributed by atoms with Crippen molar-refractivity contribution in [2.75, 3.05) is 0 Å². The molecule has 1 aromatic rings. The van der Waals surface area contributed by atoms with E-state index in [0.717, 1.165) is 0 Å². The molecule has 0 spiro atoms. The fraction of sp³-hybridized carbons (Fsp3) is 0.600. The molecule has 5 nitrogen and oxygen atoms in total. The number of carbonyl (C=O) groups excluding carboxylic acids is 2. The number of hydrogen-bond donors (Lipinski definition) is 2. The smallest absolute Gasteiger partial charge is 0.255 e. The zero-order chi connectivity index (χ0) is 14.1. The lowest BCUT2D eigenvalue weighted by Gasteiger charge is -2.21. The van der Waals surface area contributed by atoms with Crippen molar-refractivity contribution in [2.45, 2.75) is 44.7 Å². The number of nitrogens with one attached hydrogen (secondary N) is 2.